The van der Waals surface area contributed by atoms with Crippen LogP contribution in [0.4, 0.5) is 0 Å². The normalized spacial score (nSPS) is 23.7. The number of halogens is 1. The number of rotatable bonds is 3. The van der Waals surface area contributed by atoms with Crippen molar-refractivity contribution >= 4 is 32.2 Å². The van der Waals surface area contributed by atoms with E-state index in [1.54, 1.807) is 31.2 Å². The zero-order chi connectivity index (χ0) is 16.7. The van der Waals surface area contributed by atoms with E-state index in [0.717, 1.165) is 15.6 Å². The molecule has 0 spiro atoms. The molecule has 1 aliphatic rings. The first-order chi connectivity index (χ1) is 10.9. The second kappa shape index (κ2) is 5.76. The molecule has 0 unspecified atom stereocenters. The molecule has 1 aliphatic heterocycles. The molecule has 2 aromatic rings. The molecule has 0 saturated heterocycles. The summed E-state index contributed by atoms with van der Waals surface area (Å²) in [7, 11) is -3.67. The van der Waals surface area contributed by atoms with Crippen molar-refractivity contribution in [1.29, 1.82) is 0 Å². The van der Waals surface area contributed by atoms with Crippen molar-refractivity contribution in [3.8, 4) is 0 Å². The lowest BCUT2D eigenvalue weighted by Crippen LogP contribution is -2.39. The Labute approximate surface area is 144 Å². The Morgan fingerprint density at radius 1 is 1.13 bits per heavy atom. The Kier molecular flexibility index (Phi) is 4.06. The van der Waals surface area contributed by atoms with E-state index < -0.39 is 20.8 Å². The highest BCUT2D eigenvalue weighted by Gasteiger charge is 2.50. The fourth-order valence-corrected chi connectivity index (χ4v) is 5.13. The lowest BCUT2D eigenvalue weighted by atomic mass is 9.96. The van der Waals surface area contributed by atoms with Gasteiger partial charge in [0.15, 0.2) is 12.0 Å². The molecule has 23 heavy (non-hydrogen) atoms. The average molecular weight is 394 g/mol. The Hall–Kier alpha value is -1.66. The van der Waals surface area contributed by atoms with Gasteiger partial charge in [-0.3, -0.25) is 0 Å². The number of ether oxygens (including phenoxy) is 1. The smallest absolute Gasteiger partial charge is 0.205 e. The molecule has 120 valence electrons. The molecular weight excluding hydrogens is 378 g/mol. The van der Waals surface area contributed by atoms with Gasteiger partial charge in [-0.25, -0.2) is 13.4 Å². The Bertz CT molecular complexity index is 862. The van der Waals surface area contributed by atoms with Crippen molar-refractivity contribution in [2.45, 2.75) is 29.7 Å². The Morgan fingerprint density at radius 2 is 1.78 bits per heavy atom. The van der Waals surface area contributed by atoms with Crippen LogP contribution in [-0.4, -0.2) is 20.2 Å². The van der Waals surface area contributed by atoms with Gasteiger partial charge in [0.05, 0.1) is 4.90 Å². The van der Waals surface area contributed by atoms with Gasteiger partial charge in [-0.15, -0.1) is 0 Å². The summed E-state index contributed by atoms with van der Waals surface area (Å²) >= 11 is 3.47. The summed E-state index contributed by atoms with van der Waals surface area (Å²) in [6.45, 7) is 3.66. The van der Waals surface area contributed by atoms with Gasteiger partial charge in [0.25, 0.3) is 0 Å². The Morgan fingerprint density at radius 3 is 2.43 bits per heavy atom. The van der Waals surface area contributed by atoms with Crippen LogP contribution in [-0.2, 0) is 20.2 Å². The zero-order valence-electron chi connectivity index (χ0n) is 12.7. The molecule has 0 aliphatic carbocycles. The van der Waals surface area contributed by atoms with Crippen molar-refractivity contribution in [3.05, 3.63) is 64.1 Å². The number of hydrogen-bond acceptors (Lipinski definition) is 4. The van der Waals surface area contributed by atoms with Gasteiger partial charge in [-0.1, -0.05) is 51.8 Å². The SMILES string of the molecule is Cc1ccc(S(=O)(=O)[C@@H]2N=CO[C@@]2(C)c2ccccc2Br)cc1. The minimum Gasteiger partial charge on any atom is -0.469 e. The van der Waals surface area contributed by atoms with E-state index in [1.165, 1.54) is 6.40 Å². The minimum atomic E-state index is -3.67. The van der Waals surface area contributed by atoms with Crippen molar-refractivity contribution in [2.75, 3.05) is 0 Å². The third-order valence-corrected chi connectivity index (χ3v) is 6.80. The highest BCUT2D eigenvalue weighted by molar-refractivity contribution is 9.10. The van der Waals surface area contributed by atoms with Crippen LogP contribution in [0.15, 0.2) is 62.9 Å². The maximum atomic E-state index is 13.0. The molecule has 1 heterocycles. The van der Waals surface area contributed by atoms with Gasteiger partial charge in [0.2, 0.25) is 15.2 Å². The largest absolute Gasteiger partial charge is 0.469 e. The first-order valence-corrected chi connectivity index (χ1v) is 9.45. The van der Waals surface area contributed by atoms with Crippen LogP contribution in [0.25, 0.3) is 0 Å². The quantitative estimate of drug-likeness (QED) is 0.795. The molecule has 0 saturated carbocycles. The van der Waals surface area contributed by atoms with Crippen molar-refractivity contribution < 1.29 is 13.2 Å². The van der Waals surface area contributed by atoms with Crippen molar-refractivity contribution in [3.63, 3.8) is 0 Å². The van der Waals surface area contributed by atoms with Crippen molar-refractivity contribution in [2.24, 2.45) is 4.99 Å². The van der Waals surface area contributed by atoms with Crippen LogP contribution in [0, 0.1) is 6.92 Å². The number of benzene rings is 2. The molecular formula is C17H16BrNO3S. The molecule has 6 heteroatoms. The molecule has 0 bridgehead atoms. The molecule has 0 radical (unpaired) electrons. The number of aliphatic imine (C=N–C) groups is 1. The second-order valence-electron chi connectivity index (χ2n) is 5.67. The molecule has 0 N–H and O–H groups in total. The van der Waals surface area contributed by atoms with E-state index in [9.17, 15) is 8.42 Å². The fraction of sp³-hybridized carbons (Fsp3) is 0.235. The molecule has 3 rings (SSSR count). The summed E-state index contributed by atoms with van der Waals surface area (Å²) in [5, 5.41) is -1.03. The average Bonchev–Trinajstić information content (AvgIpc) is 2.92. The maximum absolute atomic E-state index is 13.0. The minimum absolute atomic E-state index is 0.244. The number of sulfone groups is 1. The van der Waals surface area contributed by atoms with Crippen LogP contribution >= 0.6 is 15.9 Å². The summed E-state index contributed by atoms with van der Waals surface area (Å²) in [4.78, 5) is 4.37. The van der Waals surface area contributed by atoms with Gasteiger partial charge in [-0.2, -0.15) is 0 Å². The van der Waals surface area contributed by atoms with Gasteiger partial charge < -0.3 is 4.74 Å². The summed E-state index contributed by atoms with van der Waals surface area (Å²) < 4.78 is 32.5. The molecule has 2 atom stereocenters. The number of nitrogens with zero attached hydrogens (tertiary/aromatic N) is 1. The highest BCUT2D eigenvalue weighted by atomic mass is 79.9. The summed E-state index contributed by atoms with van der Waals surface area (Å²) in [6, 6.07) is 14.2. The molecule has 4 nitrogen and oxygen atoms in total. The summed E-state index contributed by atoms with van der Waals surface area (Å²) in [6.07, 6.45) is 1.23. The van der Waals surface area contributed by atoms with E-state index in [2.05, 4.69) is 20.9 Å². The van der Waals surface area contributed by atoms with Crippen LogP contribution in [0.5, 0.6) is 0 Å². The van der Waals surface area contributed by atoms with Gasteiger partial charge in [0.1, 0.15) is 0 Å². The van der Waals surface area contributed by atoms with Crippen LogP contribution in [0.2, 0.25) is 0 Å². The van der Waals surface area contributed by atoms with E-state index in [4.69, 9.17) is 4.74 Å². The molecule has 0 amide bonds. The number of hydrogen-bond donors (Lipinski definition) is 0. The second-order valence-corrected chi connectivity index (χ2v) is 8.53. The zero-order valence-corrected chi connectivity index (χ0v) is 15.1. The number of aryl methyl sites for hydroxylation is 1. The highest BCUT2D eigenvalue weighted by Crippen LogP contribution is 2.41. The maximum Gasteiger partial charge on any atom is 0.205 e. The standard InChI is InChI=1S/C17H16BrNO3S/c1-12-7-9-13(10-8-12)23(20,21)16-17(2,22-11-19-16)14-5-3-4-6-15(14)18/h3-11,16H,1-2H3/t16-,17-/m0/s1. The van der Waals surface area contributed by atoms with Crippen LogP contribution in [0.1, 0.15) is 18.1 Å². The first kappa shape index (κ1) is 16.2. The third-order valence-electron chi connectivity index (χ3n) is 4.02. The monoisotopic (exact) mass is 393 g/mol. The van der Waals surface area contributed by atoms with Gasteiger partial charge in [-0.05, 0) is 32.0 Å². The topological polar surface area (TPSA) is 55.7 Å². The van der Waals surface area contributed by atoms with E-state index in [1.807, 2.05) is 31.2 Å². The molecule has 0 aromatic heterocycles. The predicted octanol–water partition coefficient (Wildman–Crippen LogP) is 3.83. The lowest BCUT2D eigenvalue weighted by Gasteiger charge is -2.30. The lowest BCUT2D eigenvalue weighted by molar-refractivity contribution is 0.102. The fourth-order valence-electron chi connectivity index (χ4n) is 2.69. The summed E-state index contributed by atoms with van der Waals surface area (Å²) in [5.74, 6) is 0. The first-order valence-electron chi connectivity index (χ1n) is 7.11. The van der Waals surface area contributed by atoms with Gasteiger partial charge >= 0.3 is 0 Å². The predicted molar refractivity (Wildman–Crippen MR) is 93.2 cm³/mol. The third kappa shape index (κ3) is 2.70. The van der Waals surface area contributed by atoms with Crippen LogP contribution < -0.4 is 0 Å². The van der Waals surface area contributed by atoms with Crippen LogP contribution in [0.3, 0.4) is 0 Å². The van der Waals surface area contributed by atoms with E-state index in [-0.39, 0.29) is 4.90 Å². The van der Waals surface area contributed by atoms with Gasteiger partial charge in [0, 0.05) is 10.0 Å². The van der Waals surface area contributed by atoms with Crippen molar-refractivity contribution in [1.82, 2.24) is 0 Å². The molecule has 2 aromatic carbocycles. The van der Waals surface area contributed by atoms with E-state index >= 15 is 0 Å². The Balaban J connectivity index is 2.09. The summed E-state index contributed by atoms with van der Waals surface area (Å²) in [5.41, 5.74) is 0.672. The molecule has 0 fully saturated rings. The van der Waals surface area contributed by atoms with E-state index in [0.29, 0.717) is 0 Å².